The summed E-state index contributed by atoms with van der Waals surface area (Å²) in [6.07, 6.45) is 0.809. The molecule has 0 heterocycles. The van der Waals surface area contributed by atoms with Crippen LogP contribution in [0.1, 0.15) is 31.9 Å². The molecule has 3 nitrogen and oxygen atoms in total. The van der Waals surface area contributed by atoms with Crippen LogP contribution < -0.4 is 5.32 Å². The molecule has 1 aromatic carbocycles. The quantitative estimate of drug-likeness (QED) is 0.757. The summed E-state index contributed by atoms with van der Waals surface area (Å²) in [7, 11) is 1.60. The smallest absolute Gasteiger partial charge is 0.163 e. The van der Waals surface area contributed by atoms with Crippen molar-refractivity contribution in [2.45, 2.75) is 32.4 Å². The summed E-state index contributed by atoms with van der Waals surface area (Å²) in [5, 5.41) is 3.18. The highest BCUT2D eigenvalue weighted by atomic mass is 19.2. The molecule has 1 N–H and O–H groups in total. The van der Waals surface area contributed by atoms with Crippen molar-refractivity contribution < 1.29 is 18.3 Å². The zero-order chi connectivity index (χ0) is 15.0. The van der Waals surface area contributed by atoms with E-state index in [1.807, 2.05) is 13.8 Å². The lowest BCUT2D eigenvalue weighted by atomic mass is 10.1. The predicted molar refractivity (Wildman–Crippen MR) is 74.7 cm³/mol. The Morgan fingerprint density at radius 2 is 2.00 bits per heavy atom. The number of rotatable bonds is 9. The lowest BCUT2D eigenvalue weighted by Gasteiger charge is -2.22. The first-order valence-electron chi connectivity index (χ1n) is 6.88. The summed E-state index contributed by atoms with van der Waals surface area (Å²) >= 11 is 0. The van der Waals surface area contributed by atoms with Gasteiger partial charge in [0.25, 0.3) is 0 Å². The summed E-state index contributed by atoms with van der Waals surface area (Å²) in [5.41, 5.74) is 0.295. The van der Waals surface area contributed by atoms with Gasteiger partial charge in [0.2, 0.25) is 0 Å². The molecule has 1 rings (SSSR count). The summed E-state index contributed by atoms with van der Waals surface area (Å²) in [6.45, 7) is 5.34. The van der Waals surface area contributed by atoms with E-state index in [1.165, 1.54) is 6.07 Å². The topological polar surface area (TPSA) is 30.5 Å². The minimum Gasteiger partial charge on any atom is -0.382 e. The predicted octanol–water partition coefficient (Wildman–Crippen LogP) is 3.06. The molecule has 0 aliphatic carbocycles. The molecule has 0 radical (unpaired) electrons. The molecule has 20 heavy (non-hydrogen) atoms. The average Bonchev–Trinajstić information content (AvgIpc) is 2.43. The Kier molecular flexibility index (Phi) is 7.65. The molecule has 0 aliphatic heterocycles. The van der Waals surface area contributed by atoms with Gasteiger partial charge in [-0.3, -0.25) is 0 Å². The van der Waals surface area contributed by atoms with Gasteiger partial charge in [0.1, 0.15) is 0 Å². The van der Waals surface area contributed by atoms with Crippen LogP contribution in [0.4, 0.5) is 8.78 Å². The normalized spacial score (nSPS) is 14.2. The van der Waals surface area contributed by atoms with Gasteiger partial charge in [-0.05, 0) is 26.0 Å². The summed E-state index contributed by atoms with van der Waals surface area (Å²) < 4.78 is 37.8. The Balaban J connectivity index is 2.75. The van der Waals surface area contributed by atoms with E-state index in [0.717, 1.165) is 12.5 Å². The van der Waals surface area contributed by atoms with Gasteiger partial charge >= 0.3 is 0 Å². The Bertz CT molecular complexity index is 401. The molecular weight excluding hydrogens is 264 g/mol. The highest BCUT2D eigenvalue weighted by Crippen LogP contribution is 2.20. The molecule has 0 fully saturated rings. The van der Waals surface area contributed by atoms with Gasteiger partial charge in [-0.25, -0.2) is 8.78 Å². The Morgan fingerprint density at radius 3 is 2.65 bits per heavy atom. The molecule has 0 saturated heterocycles. The zero-order valence-corrected chi connectivity index (χ0v) is 12.3. The standard InChI is InChI=1S/C15H23F2NO2/c1-4-8-18-14(10-20-11(2)9-19-3)12-6-5-7-13(16)15(12)17/h5-7,11,14,18H,4,8-10H2,1-3H3. The number of methoxy groups -OCH3 is 1. The van der Waals surface area contributed by atoms with E-state index in [1.54, 1.807) is 13.2 Å². The van der Waals surface area contributed by atoms with Crippen LogP contribution in [0.25, 0.3) is 0 Å². The van der Waals surface area contributed by atoms with Crippen LogP contribution in [0.3, 0.4) is 0 Å². The fourth-order valence-electron chi connectivity index (χ4n) is 1.91. The minimum atomic E-state index is -0.837. The molecule has 0 bridgehead atoms. The molecular formula is C15H23F2NO2. The molecule has 114 valence electrons. The third-order valence-electron chi connectivity index (χ3n) is 2.95. The van der Waals surface area contributed by atoms with Gasteiger partial charge in [-0.2, -0.15) is 0 Å². The Morgan fingerprint density at radius 1 is 1.25 bits per heavy atom. The third kappa shape index (κ3) is 5.15. The van der Waals surface area contributed by atoms with Crippen molar-refractivity contribution in [2.75, 3.05) is 26.9 Å². The number of hydrogen-bond donors (Lipinski definition) is 1. The zero-order valence-electron chi connectivity index (χ0n) is 12.3. The molecule has 2 atom stereocenters. The first kappa shape index (κ1) is 17.0. The molecule has 0 spiro atoms. The highest BCUT2D eigenvalue weighted by Gasteiger charge is 2.18. The van der Waals surface area contributed by atoms with Gasteiger partial charge in [0.15, 0.2) is 11.6 Å². The average molecular weight is 287 g/mol. The maximum Gasteiger partial charge on any atom is 0.163 e. The molecule has 0 saturated carbocycles. The van der Waals surface area contributed by atoms with E-state index in [2.05, 4.69) is 5.32 Å². The molecule has 1 aromatic rings. The van der Waals surface area contributed by atoms with Gasteiger partial charge in [0, 0.05) is 12.7 Å². The van der Waals surface area contributed by atoms with Gasteiger partial charge < -0.3 is 14.8 Å². The Labute approximate surface area is 119 Å². The van der Waals surface area contributed by atoms with E-state index >= 15 is 0 Å². The number of nitrogens with one attached hydrogen (secondary N) is 1. The maximum atomic E-state index is 13.9. The summed E-state index contributed by atoms with van der Waals surface area (Å²) in [5.74, 6) is -1.65. The highest BCUT2D eigenvalue weighted by molar-refractivity contribution is 5.22. The second-order valence-electron chi connectivity index (χ2n) is 4.75. The second kappa shape index (κ2) is 9.00. The largest absolute Gasteiger partial charge is 0.382 e. The van der Waals surface area contributed by atoms with Gasteiger partial charge in [-0.15, -0.1) is 0 Å². The number of halogens is 2. The third-order valence-corrected chi connectivity index (χ3v) is 2.95. The van der Waals surface area contributed by atoms with Crippen LogP contribution in [-0.2, 0) is 9.47 Å². The number of ether oxygens (including phenoxy) is 2. The number of benzene rings is 1. The van der Waals surface area contributed by atoms with Crippen LogP contribution in [0.5, 0.6) is 0 Å². The molecule has 0 aromatic heterocycles. The fourth-order valence-corrected chi connectivity index (χ4v) is 1.91. The lowest BCUT2D eigenvalue weighted by Crippen LogP contribution is -2.30. The monoisotopic (exact) mass is 287 g/mol. The van der Waals surface area contributed by atoms with E-state index in [4.69, 9.17) is 9.47 Å². The van der Waals surface area contributed by atoms with Crippen LogP contribution in [0, 0.1) is 11.6 Å². The van der Waals surface area contributed by atoms with Crippen molar-refractivity contribution in [1.82, 2.24) is 5.32 Å². The van der Waals surface area contributed by atoms with Crippen molar-refractivity contribution >= 4 is 0 Å². The molecule has 0 aliphatic rings. The van der Waals surface area contributed by atoms with E-state index in [9.17, 15) is 8.78 Å². The van der Waals surface area contributed by atoms with Crippen molar-refractivity contribution in [3.05, 3.63) is 35.4 Å². The van der Waals surface area contributed by atoms with Crippen molar-refractivity contribution in [3.63, 3.8) is 0 Å². The Hall–Kier alpha value is -1.04. The van der Waals surface area contributed by atoms with Crippen LogP contribution >= 0.6 is 0 Å². The maximum absolute atomic E-state index is 13.9. The van der Waals surface area contributed by atoms with E-state index < -0.39 is 11.6 Å². The minimum absolute atomic E-state index is 0.0949. The first-order valence-corrected chi connectivity index (χ1v) is 6.88. The molecule has 2 unspecified atom stereocenters. The van der Waals surface area contributed by atoms with Crippen molar-refractivity contribution in [1.29, 1.82) is 0 Å². The van der Waals surface area contributed by atoms with Crippen molar-refractivity contribution in [2.24, 2.45) is 0 Å². The van der Waals surface area contributed by atoms with Gasteiger partial charge in [-0.1, -0.05) is 19.1 Å². The van der Waals surface area contributed by atoms with E-state index in [0.29, 0.717) is 18.7 Å². The summed E-state index contributed by atoms with van der Waals surface area (Å²) in [4.78, 5) is 0. The van der Waals surface area contributed by atoms with Crippen LogP contribution in [0.2, 0.25) is 0 Å². The second-order valence-corrected chi connectivity index (χ2v) is 4.75. The summed E-state index contributed by atoms with van der Waals surface area (Å²) in [6, 6.07) is 3.83. The van der Waals surface area contributed by atoms with Crippen molar-refractivity contribution in [3.8, 4) is 0 Å². The SMILES string of the molecule is CCCNC(COC(C)COC)c1cccc(F)c1F. The lowest BCUT2D eigenvalue weighted by molar-refractivity contribution is -0.000923. The van der Waals surface area contributed by atoms with Crippen LogP contribution in [-0.4, -0.2) is 33.0 Å². The number of hydrogen-bond acceptors (Lipinski definition) is 3. The molecule has 5 heteroatoms. The van der Waals surface area contributed by atoms with Gasteiger partial charge in [0.05, 0.1) is 25.4 Å². The van der Waals surface area contributed by atoms with Crippen LogP contribution in [0.15, 0.2) is 18.2 Å². The first-order chi connectivity index (χ1) is 9.60. The fraction of sp³-hybridized carbons (Fsp3) is 0.600. The molecule has 0 amide bonds. The van der Waals surface area contributed by atoms with E-state index in [-0.39, 0.29) is 18.8 Å².